The number of nitrogens with two attached hydrogens (primary N) is 1. The Morgan fingerprint density at radius 2 is 2.35 bits per heavy atom. The Labute approximate surface area is 106 Å². The number of aliphatic hydroxyl groups is 1. The average Bonchev–Trinajstić information content (AvgIpc) is 2.26. The summed E-state index contributed by atoms with van der Waals surface area (Å²) in [6, 6.07) is 4.20. The predicted octanol–water partition coefficient (Wildman–Crippen LogP) is 1.07. The lowest BCUT2D eigenvalue weighted by molar-refractivity contribution is 0.283. The van der Waals surface area contributed by atoms with Crippen LogP contribution in [0.2, 0.25) is 0 Å². The van der Waals surface area contributed by atoms with Crippen molar-refractivity contribution in [3.8, 4) is 0 Å². The molecule has 1 aromatic rings. The van der Waals surface area contributed by atoms with Crippen molar-refractivity contribution >= 4 is 23.0 Å². The summed E-state index contributed by atoms with van der Waals surface area (Å²) in [5, 5.41) is 9.13. The van der Waals surface area contributed by atoms with E-state index in [9.17, 15) is 0 Å². The van der Waals surface area contributed by atoms with Crippen LogP contribution in [-0.4, -0.2) is 34.3 Å². The van der Waals surface area contributed by atoms with Crippen LogP contribution in [0.15, 0.2) is 18.3 Å². The van der Waals surface area contributed by atoms with Crippen molar-refractivity contribution in [2.75, 3.05) is 18.1 Å². The highest BCUT2D eigenvalue weighted by molar-refractivity contribution is 7.80. The van der Waals surface area contributed by atoms with E-state index in [2.05, 4.69) is 9.88 Å². The molecule has 0 aliphatic heterocycles. The maximum absolute atomic E-state index is 9.13. The van der Waals surface area contributed by atoms with Gasteiger partial charge in [-0.1, -0.05) is 12.2 Å². The molecule has 1 fully saturated rings. The normalized spacial score (nSPS) is 15.4. The van der Waals surface area contributed by atoms with E-state index in [4.69, 9.17) is 23.1 Å². The Kier molecular flexibility index (Phi) is 3.91. The highest BCUT2D eigenvalue weighted by Crippen LogP contribution is 2.28. The molecule has 17 heavy (non-hydrogen) atoms. The molecule has 0 spiro atoms. The molecule has 1 heterocycles. The summed E-state index contributed by atoms with van der Waals surface area (Å²) in [6.07, 6.45) is 5.30. The molecule has 4 nitrogen and oxygen atoms in total. The van der Waals surface area contributed by atoms with Gasteiger partial charge in [-0.2, -0.15) is 0 Å². The molecule has 0 amide bonds. The quantitative estimate of drug-likeness (QED) is 0.766. The standard InChI is InChI=1S/C12H17N3OS/c13-12(17)9-4-5-14-11(8-9)15(6-7-16)10-2-1-3-10/h4-5,8,10,16H,1-3,6-7H2,(H2,13,17). The second kappa shape index (κ2) is 5.42. The molecule has 1 aliphatic rings. The van der Waals surface area contributed by atoms with Crippen LogP contribution < -0.4 is 10.6 Å². The number of anilines is 1. The van der Waals surface area contributed by atoms with Gasteiger partial charge in [0.2, 0.25) is 0 Å². The molecule has 0 atom stereocenters. The van der Waals surface area contributed by atoms with Gasteiger partial charge in [-0.3, -0.25) is 0 Å². The van der Waals surface area contributed by atoms with E-state index < -0.39 is 0 Å². The average molecular weight is 251 g/mol. The summed E-state index contributed by atoms with van der Waals surface area (Å²) in [7, 11) is 0. The second-order valence-electron chi connectivity index (χ2n) is 4.27. The van der Waals surface area contributed by atoms with Crippen LogP contribution in [0.4, 0.5) is 5.82 Å². The Morgan fingerprint density at radius 3 is 2.88 bits per heavy atom. The number of hydrogen-bond donors (Lipinski definition) is 2. The molecule has 0 bridgehead atoms. The van der Waals surface area contributed by atoms with Gasteiger partial charge in [0.1, 0.15) is 10.8 Å². The van der Waals surface area contributed by atoms with Gasteiger partial charge >= 0.3 is 0 Å². The van der Waals surface area contributed by atoms with Gasteiger partial charge in [-0.05, 0) is 31.4 Å². The summed E-state index contributed by atoms with van der Waals surface area (Å²) < 4.78 is 0. The van der Waals surface area contributed by atoms with Crippen LogP contribution in [0.5, 0.6) is 0 Å². The molecule has 1 aliphatic carbocycles. The van der Waals surface area contributed by atoms with Crippen molar-refractivity contribution in [2.24, 2.45) is 5.73 Å². The van der Waals surface area contributed by atoms with E-state index in [-0.39, 0.29) is 6.61 Å². The largest absolute Gasteiger partial charge is 0.395 e. The molecule has 5 heteroatoms. The number of rotatable bonds is 5. The third-order valence-electron chi connectivity index (χ3n) is 3.18. The molecule has 1 saturated carbocycles. The zero-order valence-corrected chi connectivity index (χ0v) is 10.5. The fourth-order valence-electron chi connectivity index (χ4n) is 2.02. The Bertz CT molecular complexity index is 406. The summed E-state index contributed by atoms with van der Waals surface area (Å²) in [6.45, 7) is 0.744. The van der Waals surface area contributed by atoms with Crippen LogP contribution in [0.3, 0.4) is 0 Å². The van der Waals surface area contributed by atoms with Crippen molar-refractivity contribution in [3.63, 3.8) is 0 Å². The van der Waals surface area contributed by atoms with Crippen LogP contribution in [0.1, 0.15) is 24.8 Å². The van der Waals surface area contributed by atoms with Crippen LogP contribution in [0.25, 0.3) is 0 Å². The van der Waals surface area contributed by atoms with Gasteiger partial charge in [0.25, 0.3) is 0 Å². The van der Waals surface area contributed by atoms with E-state index in [1.165, 1.54) is 19.3 Å². The maximum Gasteiger partial charge on any atom is 0.129 e. The molecule has 0 radical (unpaired) electrons. The minimum atomic E-state index is 0.134. The van der Waals surface area contributed by atoms with Crippen LogP contribution in [-0.2, 0) is 0 Å². The number of nitrogens with zero attached hydrogens (tertiary/aromatic N) is 2. The smallest absolute Gasteiger partial charge is 0.129 e. The number of aromatic nitrogens is 1. The minimum Gasteiger partial charge on any atom is -0.395 e. The highest BCUT2D eigenvalue weighted by atomic mass is 32.1. The van der Waals surface area contributed by atoms with Gasteiger partial charge in [0.15, 0.2) is 0 Å². The molecule has 0 unspecified atom stereocenters. The first kappa shape index (κ1) is 12.3. The molecular weight excluding hydrogens is 234 g/mol. The first-order valence-electron chi connectivity index (χ1n) is 5.85. The Balaban J connectivity index is 2.22. The molecule has 1 aromatic heterocycles. The van der Waals surface area contributed by atoms with Gasteiger partial charge < -0.3 is 15.7 Å². The van der Waals surface area contributed by atoms with Crippen LogP contribution in [0, 0.1) is 0 Å². The first-order valence-corrected chi connectivity index (χ1v) is 6.26. The lowest BCUT2D eigenvalue weighted by Gasteiger charge is -2.38. The van der Waals surface area contributed by atoms with Crippen molar-refractivity contribution in [1.29, 1.82) is 0 Å². The number of thiocarbonyl (C=S) groups is 1. The van der Waals surface area contributed by atoms with Crippen molar-refractivity contribution in [3.05, 3.63) is 23.9 Å². The van der Waals surface area contributed by atoms with E-state index in [0.717, 1.165) is 11.4 Å². The van der Waals surface area contributed by atoms with E-state index in [1.54, 1.807) is 6.20 Å². The van der Waals surface area contributed by atoms with Crippen LogP contribution >= 0.6 is 12.2 Å². The fraction of sp³-hybridized carbons (Fsp3) is 0.500. The van der Waals surface area contributed by atoms with Crippen molar-refractivity contribution in [2.45, 2.75) is 25.3 Å². The Hall–Kier alpha value is -1.20. The molecule has 2 rings (SSSR count). The molecule has 0 aromatic carbocycles. The summed E-state index contributed by atoms with van der Waals surface area (Å²) in [5.74, 6) is 0.856. The van der Waals surface area contributed by atoms with Crippen molar-refractivity contribution < 1.29 is 5.11 Å². The maximum atomic E-state index is 9.13. The van der Waals surface area contributed by atoms with Crippen molar-refractivity contribution in [1.82, 2.24) is 4.98 Å². The van der Waals surface area contributed by atoms with Gasteiger partial charge in [-0.25, -0.2) is 4.98 Å². The van der Waals surface area contributed by atoms with Gasteiger partial charge in [-0.15, -0.1) is 0 Å². The van der Waals surface area contributed by atoms with Gasteiger partial charge in [0, 0.05) is 24.3 Å². The van der Waals surface area contributed by atoms with E-state index in [1.807, 2.05) is 12.1 Å². The predicted molar refractivity (Wildman–Crippen MR) is 72.2 cm³/mol. The second-order valence-corrected chi connectivity index (χ2v) is 4.71. The molecule has 92 valence electrons. The fourth-order valence-corrected chi connectivity index (χ4v) is 2.15. The first-order chi connectivity index (χ1) is 8.22. The Morgan fingerprint density at radius 1 is 1.59 bits per heavy atom. The lowest BCUT2D eigenvalue weighted by atomic mass is 9.91. The third-order valence-corrected chi connectivity index (χ3v) is 3.42. The molecular formula is C12H17N3OS. The summed E-state index contributed by atoms with van der Waals surface area (Å²) in [4.78, 5) is 6.87. The van der Waals surface area contributed by atoms with E-state index >= 15 is 0 Å². The topological polar surface area (TPSA) is 62.4 Å². The molecule has 3 N–H and O–H groups in total. The lowest BCUT2D eigenvalue weighted by Crippen LogP contribution is -2.42. The highest BCUT2D eigenvalue weighted by Gasteiger charge is 2.25. The summed E-state index contributed by atoms with van der Waals surface area (Å²) in [5.41, 5.74) is 6.44. The minimum absolute atomic E-state index is 0.134. The van der Waals surface area contributed by atoms with E-state index in [0.29, 0.717) is 17.6 Å². The SMILES string of the molecule is NC(=S)c1ccnc(N(CCO)C2CCC2)c1. The summed E-state index contributed by atoms with van der Waals surface area (Å²) >= 11 is 4.96. The number of aliphatic hydroxyl groups excluding tert-OH is 1. The third kappa shape index (κ3) is 2.73. The zero-order valence-electron chi connectivity index (χ0n) is 9.67. The zero-order chi connectivity index (χ0) is 12.3. The van der Waals surface area contributed by atoms with Gasteiger partial charge in [0.05, 0.1) is 6.61 Å². The molecule has 0 saturated heterocycles. The number of pyridine rings is 1. The monoisotopic (exact) mass is 251 g/mol. The number of hydrogen-bond acceptors (Lipinski definition) is 4.